The number of ether oxygens (including phenoxy) is 3. The number of nitriles is 1. The topological polar surface area (TPSA) is 151 Å². The predicted octanol–water partition coefficient (Wildman–Crippen LogP) is 3.32. The highest BCUT2D eigenvalue weighted by molar-refractivity contribution is 5.95. The molecule has 3 N–H and O–H groups in total. The normalized spacial score (nSPS) is 21.8. The van der Waals surface area contributed by atoms with Crippen LogP contribution in [-0.4, -0.2) is 48.2 Å². The molecule has 0 fully saturated rings. The van der Waals surface area contributed by atoms with E-state index in [0.29, 0.717) is 0 Å². The maximum absolute atomic E-state index is 13.5. The van der Waals surface area contributed by atoms with E-state index in [1.165, 1.54) is 51.6 Å². The van der Waals surface area contributed by atoms with E-state index in [4.69, 9.17) is 19.5 Å². The van der Waals surface area contributed by atoms with Crippen LogP contribution in [0.15, 0.2) is 47.5 Å². The van der Waals surface area contributed by atoms with Gasteiger partial charge in [-0.1, -0.05) is 12.1 Å². The molecule has 0 saturated heterocycles. The van der Waals surface area contributed by atoms with Crippen LogP contribution >= 0.6 is 0 Å². The van der Waals surface area contributed by atoms with Gasteiger partial charge in [0, 0.05) is 31.9 Å². The summed E-state index contributed by atoms with van der Waals surface area (Å²) in [6, 6.07) is 6.89. The minimum atomic E-state index is -4.71. The first-order valence-corrected chi connectivity index (χ1v) is 10.3. The minimum Gasteiger partial charge on any atom is -0.479 e. The highest BCUT2D eigenvalue weighted by Gasteiger charge is 2.53. The monoisotopic (exact) mass is 509 g/mol. The second-order valence-electron chi connectivity index (χ2n) is 7.86. The third-order valence-electron chi connectivity index (χ3n) is 5.61. The summed E-state index contributed by atoms with van der Waals surface area (Å²) in [5.74, 6) is -0.344. The van der Waals surface area contributed by atoms with Gasteiger partial charge in [0.15, 0.2) is 11.9 Å². The molecular formula is C22H22F3N5O6. The quantitative estimate of drug-likeness (QED) is 0.133. The van der Waals surface area contributed by atoms with Crippen LogP contribution < -0.4 is 15.4 Å². The summed E-state index contributed by atoms with van der Waals surface area (Å²) in [4.78, 5) is 14.2. The van der Waals surface area contributed by atoms with Crippen LogP contribution in [0.4, 0.5) is 24.5 Å². The van der Waals surface area contributed by atoms with Gasteiger partial charge in [-0.15, -0.1) is 4.99 Å². The summed E-state index contributed by atoms with van der Waals surface area (Å²) >= 11 is 0. The predicted molar refractivity (Wildman–Crippen MR) is 120 cm³/mol. The molecule has 192 valence electrons. The van der Waals surface area contributed by atoms with Crippen LogP contribution in [-0.2, 0) is 15.7 Å². The number of nitrogens with zero attached hydrogens (tertiary/aromatic N) is 3. The number of benzene rings is 2. The number of nitrogens with one attached hydrogen (secondary N) is 2. The zero-order chi connectivity index (χ0) is 26.7. The van der Waals surface area contributed by atoms with E-state index < -0.39 is 52.3 Å². The first-order chi connectivity index (χ1) is 17.0. The summed E-state index contributed by atoms with van der Waals surface area (Å²) in [5.41, 5.74) is -3.27. The molecule has 2 aromatic carbocycles. The Hall–Kier alpha value is -3.93. The van der Waals surface area contributed by atoms with Crippen molar-refractivity contribution < 1.29 is 37.4 Å². The second kappa shape index (κ2) is 10.4. The Bertz CT molecular complexity index is 1200. The van der Waals surface area contributed by atoms with Crippen LogP contribution in [0.5, 0.6) is 5.75 Å². The molecule has 0 aliphatic carbocycles. The van der Waals surface area contributed by atoms with Gasteiger partial charge in [-0.3, -0.25) is 10.1 Å². The molecule has 0 spiro atoms. The molecule has 0 unspecified atom stereocenters. The van der Waals surface area contributed by atoms with E-state index in [1.54, 1.807) is 0 Å². The molecule has 2 aromatic rings. The summed E-state index contributed by atoms with van der Waals surface area (Å²) < 4.78 is 56.9. The molecule has 1 aliphatic heterocycles. The fourth-order valence-electron chi connectivity index (χ4n) is 3.95. The standard InChI is InChI=1S/C22H22F3N5O6/c1-21(19(34-2)35-3)18(31)17(13-10-12(30(32)33)8-9-16(13)36-21)29-20(27-11-26)28-15-7-5-4-6-14(15)22(23,24)25/h4-10,17-19,31H,1-3H3,(H2,27,28,29)/t17-,18+,21-/m0/s1. The number of anilines is 1. The largest absolute Gasteiger partial charge is 0.479 e. The third-order valence-corrected chi connectivity index (χ3v) is 5.61. The lowest BCUT2D eigenvalue weighted by molar-refractivity contribution is -0.385. The fourth-order valence-corrected chi connectivity index (χ4v) is 3.95. The van der Waals surface area contributed by atoms with E-state index in [2.05, 4.69) is 15.6 Å². The van der Waals surface area contributed by atoms with Crippen molar-refractivity contribution in [1.82, 2.24) is 5.32 Å². The van der Waals surface area contributed by atoms with Gasteiger partial charge in [0.25, 0.3) is 5.69 Å². The van der Waals surface area contributed by atoms with Gasteiger partial charge < -0.3 is 30.0 Å². The fraction of sp³-hybridized carbons (Fsp3) is 0.364. The van der Waals surface area contributed by atoms with Crippen molar-refractivity contribution in [2.75, 3.05) is 19.5 Å². The Kier molecular flexibility index (Phi) is 7.68. The zero-order valence-corrected chi connectivity index (χ0v) is 19.2. The Labute approximate surface area is 203 Å². The summed E-state index contributed by atoms with van der Waals surface area (Å²) in [5, 5.41) is 36.9. The van der Waals surface area contributed by atoms with Crippen molar-refractivity contribution in [2.24, 2.45) is 4.99 Å². The molecule has 0 bridgehead atoms. The van der Waals surface area contributed by atoms with Crippen molar-refractivity contribution in [2.45, 2.75) is 37.1 Å². The summed E-state index contributed by atoms with van der Waals surface area (Å²) in [6.45, 7) is 1.46. The first-order valence-electron chi connectivity index (χ1n) is 10.3. The van der Waals surface area contributed by atoms with Crippen LogP contribution in [0.1, 0.15) is 24.1 Å². The van der Waals surface area contributed by atoms with Gasteiger partial charge in [0.2, 0.25) is 12.2 Å². The van der Waals surface area contributed by atoms with Gasteiger partial charge in [-0.25, -0.2) is 0 Å². The van der Waals surface area contributed by atoms with Gasteiger partial charge in [0.05, 0.1) is 22.2 Å². The average Bonchev–Trinajstić information content (AvgIpc) is 2.82. The lowest BCUT2D eigenvalue weighted by Crippen LogP contribution is -2.62. The Morgan fingerprint density at radius 1 is 1.31 bits per heavy atom. The van der Waals surface area contributed by atoms with Gasteiger partial charge in [0.1, 0.15) is 11.9 Å². The number of aliphatic hydroxyl groups is 1. The number of methoxy groups -OCH3 is 2. The smallest absolute Gasteiger partial charge is 0.418 e. The molecule has 3 atom stereocenters. The number of non-ortho nitro benzene ring substituents is 1. The lowest BCUT2D eigenvalue weighted by atomic mass is 9.84. The molecule has 0 saturated carbocycles. The molecule has 0 amide bonds. The number of para-hydroxylation sites is 1. The average molecular weight is 509 g/mol. The van der Waals surface area contributed by atoms with Crippen molar-refractivity contribution in [1.29, 1.82) is 5.26 Å². The molecule has 0 aromatic heterocycles. The van der Waals surface area contributed by atoms with Crippen LogP contribution in [0, 0.1) is 21.6 Å². The van der Waals surface area contributed by atoms with E-state index in [1.807, 2.05) is 0 Å². The SMILES string of the molecule is COC(OC)[C@@]1(C)Oc2ccc([N+](=O)[O-])cc2[C@H](NC(=NC#N)Nc2ccccc2C(F)(F)F)[C@H]1O. The number of aliphatic imine (C=N–C) groups is 1. The van der Waals surface area contributed by atoms with E-state index in [-0.39, 0.29) is 17.0 Å². The van der Waals surface area contributed by atoms with Crippen LogP contribution in [0.25, 0.3) is 0 Å². The highest BCUT2D eigenvalue weighted by atomic mass is 19.4. The Morgan fingerprint density at radius 3 is 2.56 bits per heavy atom. The van der Waals surface area contributed by atoms with Gasteiger partial charge >= 0.3 is 6.18 Å². The van der Waals surface area contributed by atoms with Crippen molar-refractivity contribution >= 4 is 17.3 Å². The number of rotatable bonds is 6. The Balaban J connectivity index is 2.09. The van der Waals surface area contributed by atoms with E-state index in [9.17, 15) is 28.4 Å². The zero-order valence-electron chi connectivity index (χ0n) is 19.2. The summed E-state index contributed by atoms with van der Waals surface area (Å²) in [7, 11) is 2.61. The molecule has 0 radical (unpaired) electrons. The molecule has 1 aliphatic rings. The van der Waals surface area contributed by atoms with Gasteiger partial charge in [-0.05, 0) is 25.1 Å². The van der Waals surface area contributed by atoms with Crippen LogP contribution in [0.3, 0.4) is 0 Å². The van der Waals surface area contributed by atoms with E-state index in [0.717, 1.165) is 18.2 Å². The number of nitro groups is 1. The van der Waals surface area contributed by atoms with Crippen molar-refractivity contribution in [3.8, 4) is 11.9 Å². The minimum absolute atomic E-state index is 0.0941. The molecule has 3 rings (SSSR count). The molecule has 36 heavy (non-hydrogen) atoms. The first kappa shape index (κ1) is 26.7. The molecule has 14 heteroatoms. The maximum Gasteiger partial charge on any atom is 0.418 e. The molecule has 1 heterocycles. The maximum atomic E-state index is 13.5. The van der Waals surface area contributed by atoms with Crippen molar-refractivity contribution in [3.63, 3.8) is 0 Å². The van der Waals surface area contributed by atoms with Crippen molar-refractivity contribution in [3.05, 3.63) is 63.7 Å². The number of hydrogen-bond donors (Lipinski definition) is 3. The molecular weight excluding hydrogens is 487 g/mol. The lowest BCUT2D eigenvalue weighted by Gasteiger charge is -2.46. The second-order valence-corrected chi connectivity index (χ2v) is 7.86. The molecule has 11 nitrogen and oxygen atoms in total. The number of hydrogen-bond acceptors (Lipinski definition) is 8. The third kappa shape index (κ3) is 5.18. The number of nitro benzene ring substituents is 1. The number of aliphatic hydroxyl groups excluding tert-OH is 1. The van der Waals surface area contributed by atoms with Crippen LogP contribution in [0.2, 0.25) is 0 Å². The number of guanidine groups is 1. The summed E-state index contributed by atoms with van der Waals surface area (Å²) in [6.07, 6.45) is -5.92. The highest BCUT2D eigenvalue weighted by Crippen LogP contribution is 2.43. The number of alkyl halides is 3. The Morgan fingerprint density at radius 2 is 1.97 bits per heavy atom. The number of fused-ring (bicyclic) bond motifs is 1. The van der Waals surface area contributed by atoms with Gasteiger partial charge in [-0.2, -0.15) is 18.4 Å². The number of halogens is 3. The van der Waals surface area contributed by atoms with E-state index >= 15 is 0 Å².